The highest BCUT2D eigenvalue weighted by Gasteiger charge is 2.38. The molecule has 0 bridgehead atoms. The molecule has 0 aliphatic carbocycles. The zero-order chi connectivity index (χ0) is 14.8. The molecule has 0 aliphatic heterocycles. The molecule has 0 atom stereocenters. The summed E-state index contributed by atoms with van der Waals surface area (Å²) in [6.07, 6.45) is -0.877. The second-order valence-electron chi connectivity index (χ2n) is 3.31. The normalized spacial score (nSPS) is 11.8. The molecule has 0 fully saturated rings. The molecule has 0 heterocycles. The van der Waals surface area contributed by atoms with Crippen molar-refractivity contribution < 1.29 is 40.3 Å². The molecular formula is C9H9F5O4Si. The summed E-state index contributed by atoms with van der Waals surface area (Å²) in [7, 11) is -1.79. The smallest absolute Gasteiger partial charge is 0.483 e. The second kappa shape index (κ2) is 5.82. The lowest BCUT2D eigenvalue weighted by molar-refractivity contribution is 0.121. The Morgan fingerprint density at radius 3 is 1.58 bits per heavy atom. The van der Waals surface area contributed by atoms with Gasteiger partial charge in [-0.2, -0.15) is 8.78 Å². The van der Waals surface area contributed by atoms with Gasteiger partial charge in [-0.25, -0.2) is 13.2 Å². The number of benzene rings is 1. The Labute approximate surface area is 105 Å². The third-order valence-electron chi connectivity index (χ3n) is 2.21. The summed E-state index contributed by atoms with van der Waals surface area (Å²) >= 11 is 0. The molecule has 0 unspecified atom stereocenters. The van der Waals surface area contributed by atoms with Crippen molar-refractivity contribution in [1.29, 1.82) is 0 Å². The minimum Gasteiger partial charge on any atom is -0.483 e. The zero-order valence-electron chi connectivity index (χ0n) is 9.77. The number of halogens is 5. The van der Waals surface area contributed by atoms with Gasteiger partial charge in [0.1, 0.15) is 0 Å². The van der Waals surface area contributed by atoms with Gasteiger partial charge in [0.2, 0.25) is 29.1 Å². The van der Waals surface area contributed by atoms with Gasteiger partial charge in [-0.3, -0.25) is 0 Å². The maximum Gasteiger partial charge on any atom is 0.537 e. The van der Waals surface area contributed by atoms with Crippen LogP contribution in [0.15, 0.2) is 0 Å². The molecule has 0 aliphatic rings. The van der Waals surface area contributed by atoms with E-state index in [4.69, 9.17) is 0 Å². The van der Waals surface area contributed by atoms with Crippen molar-refractivity contribution >= 4 is 8.80 Å². The molecule has 0 saturated carbocycles. The fourth-order valence-electron chi connectivity index (χ4n) is 1.08. The van der Waals surface area contributed by atoms with Gasteiger partial charge in [0.15, 0.2) is 12.0 Å². The summed E-state index contributed by atoms with van der Waals surface area (Å²) in [6.45, 7) is 0. The number of rotatable bonds is 5. The van der Waals surface area contributed by atoms with E-state index in [1.165, 1.54) is 0 Å². The molecule has 0 aromatic heterocycles. The fraction of sp³-hybridized carbons (Fsp3) is 0.333. The van der Waals surface area contributed by atoms with Gasteiger partial charge in [0, 0.05) is 14.2 Å². The lowest BCUT2D eigenvalue weighted by Crippen LogP contribution is -2.47. The first-order valence-electron chi connectivity index (χ1n) is 4.74. The molecule has 1 rings (SSSR count). The molecule has 0 amide bonds. The van der Waals surface area contributed by atoms with E-state index in [1.54, 1.807) is 0 Å². The van der Waals surface area contributed by atoms with Crippen LogP contribution in [0.25, 0.3) is 0 Å². The third-order valence-corrected chi connectivity index (χ3v) is 3.99. The van der Waals surface area contributed by atoms with E-state index in [2.05, 4.69) is 13.6 Å². The monoisotopic (exact) mass is 304 g/mol. The van der Waals surface area contributed by atoms with Crippen molar-refractivity contribution in [2.75, 3.05) is 20.4 Å². The summed E-state index contributed by atoms with van der Waals surface area (Å²) in [6, 6.07) is 0. The van der Waals surface area contributed by atoms with Gasteiger partial charge in [-0.15, -0.1) is 0 Å². The highest BCUT2D eigenvalue weighted by Crippen LogP contribution is 2.29. The SMILES string of the molecule is CO[Si](O)(COc1c(F)c(F)c(F)c(F)c1F)OC. The van der Waals surface area contributed by atoms with Crippen LogP contribution < -0.4 is 4.74 Å². The minimum absolute atomic E-state index is 0.877. The van der Waals surface area contributed by atoms with E-state index >= 15 is 0 Å². The summed E-state index contributed by atoms with van der Waals surface area (Å²) < 4.78 is 78.2. The molecule has 0 saturated heterocycles. The largest absolute Gasteiger partial charge is 0.537 e. The Bertz CT molecular complexity index is 451. The van der Waals surface area contributed by atoms with E-state index in [0.29, 0.717) is 0 Å². The summed E-state index contributed by atoms with van der Waals surface area (Å²) in [5, 5.41) is 0. The van der Waals surface area contributed by atoms with Gasteiger partial charge in [-0.1, -0.05) is 0 Å². The van der Waals surface area contributed by atoms with Crippen molar-refractivity contribution in [3.05, 3.63) is 29.1 Å². The van der Waals surface area contributed by atoms with Crippen molar-refractivity contribution in [3.63, 3.8) is 0 Å². The fourth-order valence-corrected chi connectivity index (χ4v) is 1.81. The molecular weight excluding hydrogens is 295 g/mol. The van der Waals surface area contributed by atoms with Crippen LogP contribution in [-0.2, 0) is 8.85 Å². The first-order chi connectivity index (χ1) is 8.77. The standard InChI is InChI=1S/C9H9F5O4Si/c1-16-19(15,17-2)3-18-9-7(13)5(11)4(10)6(12)8(9)14/h15H,3H2,1-2H3. The van der Waals surface area contributed by atoms with Gasteiger partial charge < -0.3 is 18.4 Å². The van der Waals surface area contributed by atoms with E-state index in [9.17, 15) is 26.7 Å². The zero-order valence-corrected chi connectivity index (χ0v) is 10.8. The first-order valence-corrected chi connectivity index (χ1v) is 6.71. The second-order valence-corrected chi connectivity index (χ2v) is 5.84. The van der Waals surface area contributed by atoms with E-state index in [0.717, 1.165) is 14.2 Å². The lowest BCUT2D eigenvalue weighted by Gasteiger charge is -2.20. The van der Waals surface area contributed by atoms with Crippen LogP contribution >= 0.6 is 0 Å². The van der Waals surface area contributed by atoms with Crippen LogP contribution in [0.5, 0.6) is 5.75 Å². The molecule has 1 N–H and O–H groups in total. The Kier molecular flexibility index (Phi) is 4.84. The minimum atomic E-state index is -3.87. The molecule has 0 radical (unpaired) electrons. The van der Waals surface area contributed by atoms with E-state index in [1.807, 2.05) is 0 Å². The third kappa shape index (κ3) is 3.02. The Morgan fingerprint density at radius 1 is 0.842 bits per heavy atom. The average molecular weight is 304 g/mol. The average Bonchev–Trinajstić information content (AvgIpc) is 2.42. The molecule has 0 spiro atoms. The molecule has 108 valence electrons. The van der Waals surface area contributed by atoms with Crippen molar-refractivity contribution in [2.45, 2.75) is 0 Å². The molecule has 10 heteroatoms. The van der Waals surface area contributed by atoms with Gasteiger partial charge in [0.05, 0.1) is 0 Å². The summed E-state index contributed by atoms with van der Waals surface area (Å²) in [5.41, 5.74) is 0. The maximum absolute atomic E-state index is 13.2. The van der Waals surface area contributed by atoms with Crippen LogP contribution in [0.4, 0.5) is 22.0 Å². The molecule has 19 heavy (non-hydrogen) atoms. The summed E-state index contributed by atoms with van der Waals surface area (Å²) in [4.78, 5) is 9.53. The number of ether oxygens (including phenoxy) is 1. The van der Waals surface area contributed by atoms with Gasteiger partial charge in [-0.05, 0) is 0 Å². The Hall–Kier alpha value is -1.23. The first kappa shape index (κ1) is 15.8. The predicted molar refractivity (Wildman–Crippen MR) is 53.7 cm³/mol. The van der Waals surface area contributed by atoms with Crippen LogP contribution in [-0.4, -0.2) is 34.0 Å². The highest BCUT2D eigenvalue weighted by molar-refractivity contribution is 6.59. The van der Waals surface area contributed by atoms with Crippen LogP contribution in [0.1, 0.15) is 0 Å². The lowest BCUT2D eigenvalue weighted by atomic mass is 10.3. The van der Waals surface area contributed by atoms with Gasteiger partial charge in [0.25, 0.3) is 0 Å². The van der Waals surface area contributed by atoms with E-state index in [-0.39, 0.29) is 0 Å². The van der Waals surface area contributed by atoms with Crippen LogP contribution in [0.2, 0.25) is 0 Å². The molecule has 1 aromatic carbocycles. The van der Waals surface area contributed by atoms with Gasteiger partial charge >= 0.3 is 8.80 Å². The quantitative estimate of drug-likeness (QED) is 0.388. The topological polar surface area (TPSA) is 47.9 Å². The highest BCUT2D eigenvalue weighted by atomic mass is 28.4. The van der Waals surface area contributed by atoms with Crippen molar-refractivity contribution in [3.8, 4) is 5.75 Å². The van der Waals surface area contributed by atoms with Crippen LogP contribution in [0.3, 0.4) is 0 Å². The molecule has 4 nitrogen and oxygen atoms in total. The van der Waals surface area contributed by atoms with Crippen molar-refractivity contribution in [2.24, 2.45) is 0 Å². The Morgan fingerprint density at radius 2 is 1.21 bits per heavy atom. The Balaban J connectivity index is 3.09. The summed E-state index contributed by atoms with van der Waals surface area (Å²) in [5.74, 6) is -12.4. The number of hydrogen-bond donors (Lipinski definition) is 1. The maximum atomic E-state index is 13.2. The van der Waals surface area contributed by atoms with Crippen molar-refractivity contribution in [1.82, 2.24) is 0 Å². The predicted octanol–water partition coefficient (Wildman–Crippen LogP) is 1.52. The van der Waals surface area contributed by atoms with Crippen LogP contribution in [0, 0.1) is 29.1 Å². The van der Waals surface area contributed by atoms with E-state index < -0.39 is 49.9 Å². The number of hydrogen-bond acceptors (Lipinski definition) is 4. The molecule has 1 aromatic rings.